The van der Waals surface area contributed by atoms with E-state index in [4.69, 9.17) is 16.3 Å². The smallest absolute Gasteiger partial charge is 0.326 e. The Balaban J connectivity index is 2.12. The molecule has 0 radical (unpaired) electrons. The molecule has 0 spiro atoms. The molecule has 144 valence electrons. The van der Waals surface area contributed by atoms with Crippen molar-refractivity contribution >= 4 is 50.7 Å². The van der Waals surface area contributed by atoms with E-state index in [0.29, 0.717) is 20.8 Å². The zero-order valence-corrected chi connectivity index (χ0v) is 16.2. The SMILES string of the molecule is CCOC(=O)Cn1c(=NC(=O)c2ccc(Cl)cc2)sc2cc([N+](=O)[O-])ccc21. The highest BCUT2D eigenvalue weighted by Gasteiger charge is 2.15. The number of carbonyl (C=O) groups is 2. The third-order valence-corrected chi connectivity index (χ3v) is 5.05. The van der Waals surface area contributed by atoms with Crippen LogP contribution in [0.5, 0.6) is 0 Å². The van der Waals surface area contributed by atoms with E-state index in [1.807, 2.05) is 0 Å². The molecule has 0 bridgehead atoms. The van der Waals surface area contributed by atoms with Crippen LogP contribution in [-0.4, -0.2) is 28.0 Å². The van der Waals surface area contributed by atoms with Gasteiger partial charge >= 0.3 is 5.97 Å². The van der Waals surface area contributed by atoms with Crippen LogP contribution in [0.25, 0.3) is 10.2 Å². The third-order valence-electron chi connectivity index (χ3n) is 3.76. The van der Waals surface area contributed by atoms with E-state index in [-0.39, 0.29) is 23.6 Å². The summed E-state index contributed by atoms with van der Waals surface area (Å²) in [5, 5.41) is 11.5. The Labute approximate surface area is 167 Å². The summed E-state index contributed by atoms with van der Waals surface area (Å²) in [6.45, 7) is 1.73. The van der Waals surface area contributed by atoms with Crippen molar-refractivity contribution in [3.8, 4) is 0 Å². The van der Waals surface area contributed by atoms with Crippen LogP contribution in [0.4, 0.5) is 5.69 Å². The van der Waals surface area contributed by atoms with Crippen LogP contribution < -0.4 is 4.80 Å². The van der Waals surface area contributed by atoms with Gasteiger partial charge in [0, 0.05) is 22.7 Å². The first-order valence-corrected chi connectivity index (χ1v) is 9.36. The van der Waals surface area contributed by atoms with Gasteiger partial charge < -0.3 is 9.30 Å². The number of amides is 1. The summed E-state index contributed by atoms with van der Waals surface area (Å²) in [7, 11) is 0. The van der Waals surface area contributed by atoms with Crippen molar-refractivity contribution in [2.24, 2.45) is 4.99 Å². The number of aromatic nitrogens is 1. The summed E-state index contributed by atoms with van der Waals surface area (Å²) < 4.78 is 7.02. The summed E-state index contributed by atoms with van der Waals surface area (Å²) >= 11 is 6.91. The number of ether oxygens (including phenoxy) is 1. The van der Waals surface area contributed by atoms with Gasteiger partial charge in [0.25, 0.3) is 11.6 Å². The highest BCUT2D eigenvalue weighted by Crippen LogP contribution is 2.23. The van der Waals surface area contributed by atoms with Gasteiger partial charge in [-0.25, -0.2) is 0 Å². The summed E-state index contributed by atoms with van der Waals surface area (Å²) in [5.74, 6) is -1.02. The number of rotatable bonds is 5. The maximum atomic E-state index is 12.5. The first kappa shape index (κ1) is 19.7. The minimum Gasteiger partial charge on any atom is -0.465 e. The number of non-ortho nitro benzene ring substituents is 1. The lowest BCUT2D eigenvalue weighted by Gasteiger charge is -2.05. The molecule has 1 heterocycles. The van der Waals surface area contributed by atoms with E-state index in [2.05, 4.69) is 4.99 Å². The predicted octanol–water partition coefficient (Wildman–Crippen LogP) is 3.57. The number of thiazole rings is 1. The van der Waals surface area contributed by atoms with E-state index in [9.17, 15) is 19.7 Å². The van der Waals surface area contributed by atoms with Gasteiger partial charge in [-0.15, -0.1) is 0 Å². The van der Waals surface area contributed by atoms with E-state index in [0.717, 1.165) is 11.3 Å². The van der Waals surface area contributed by atoms with Crippen molar-refractivity contribution in [1.29, 1.82) is 0 Å². The monoisotopic (exact) mass is 419 g/mol. The number of fused-ring (bicyclic) bond motifs is 1. The van der Waals surface area contributed by atoms with E-state index in [1.54, 1.807) is 31.2 Å². The fourth-order valence-electron chi connectivity index (χ4n) is 2.49. The van der Waals surface area contributed by atoms with Gasteiger partial charge in [0.15, 0.2) is 4.80 Å². The zero-order valence-electron chi connectivity index (χ0n) is 14.6. The predicted molar refractivity (Wildman–Crippen MR) is 104 cm³/mol. The molecule has 8 nitrogen and oxygen atoms in total. The highest BCUT2D eigenvalue weighted by atomic mass is 35.5. The molecule has 0 aliphatic carbocycles. The molecule has 1 amide bonds. The van der Waals surface area contributed by atoms with E-state index < -0.39 is 16.8 Å². The number of nitro benzene ring substituents is 1. The molecule has 0 fully saturated rings. The average Bonchev–Trinajstić information content (AvgIpc) is 2.98. The summed E-state index contributed by atoms with van der Waals surface area (Å²) in [6.07, 6.45) is 0. The van der Waals surface area contributed by atoms with Gasteiger partial charge in [0.1, 0.15) is 6.54 Å². The minimum absolute atomic E-state index is 0.0902. The standard InChI is InChI=1S/C18H14ClN3O5S/c1-2-27-16(23)10-21-14-8-7-13(22(25)26)9-15(14)28-18(21)20-17(24)11-3-5-12(19)6-4-11/h3-9H,2,10H2,1H3. The molecule has 10 heteroatoms. The normalized spacial score (nSPS) is 11.6. The second-order valence-electron chi connectivity index (χ2n) is 5.61. The Morgan fingerprint density at radius 2 is 1.96 bits per heavy atom. The van der Waals surface area contributed by atoms with Crippen LogP contribution in [0.15, 0.2) is 47.5 Å². The number of hydrogen-bond donors (Lipinski definition) is 0. The van der Waals surface area contributed by atoms with Crippen LogP contribution in [0.2, 0.25) is 5.02 Å². The number of hydrogen-bond acceptors (Lipinski definition) is 6. The molecule has 2 aromatic carbocycles. The highest BCUT2D eigenvalue weighted by molar-refractivity contribution is 7.16. The molecule has 28 heavy (non-hydrogen) atoms. The molecule has 0 aliphatic heterocycles. The topological polar surface area (TPSA) is 104 Å². The maximum absolute atomic E-state index is 12.5. The van der Waals surface area contributed by atoms with Crippen molar-refractivity contribution in [2.45, 2.75) is 13.5 Å². The van der Waals surface area contributed by atoms with Crippen molar-refractivity contribution < 1.29 is 19.2 Å². The Hall–Kier alpha value is -3.04. The molecule has 0 saturated carbocycles. The Morgan fingerprint density at radius 3 is 2.61 bits per heavy atom. The van der Waals surface area contributed by atoms with Crippen LogP contribution in [0, 0.1) is 10.1 Å². The molecule has 1 aromatic heterocycles. The number of nitrogens with zero attached hydrogens (tertiary/aromatic N) is 3. The lowest BCUT2D eigenvalue weighted by Crippen LogP contribution is -2.23. The number of nitro groups is 1. The lowest BCUT2D eigenvalue weighted by atomic mass is 10.2. The Bertz CT molecular complexity index is 1130. The molecule has 0 atom stereocenters. The number of carbonyl (C=O) groups excluding carboxylic acids is 2. The first-order chi connectivity index (χ1) is 13.4. The molecule has 0 aliphatic rings. The van der Waals surface area contributed by atoms with Crippen molar-refractivity contribution in [3.63, 3.8) is 0 Å². The van der Waals surface area contributed by atoms with Crippen molar-refractivity contribution in [3.05, 3.63) is 68.0 Å². The summed E-state index contributed by atoms with van der Waals surface area (Å²) in [4.78, 5) is 39.4. The molecule has 0 N–H and O–H groups in total. The average molecular weight is 420 g/mol. The molecule has 0 saturated heterocycles. The maximum Gasteiger partial charge on any atom is 0.326 e. The Kier molecular flexibility index (Phi) is 5.86. The zero-order chi connectivity index (χ0) is 20.3. The molecule has 0 unspecified atom stereocenters. The lowest BCUT2D eigenvalue weighted by molar-refractivity contribution is -0.384. The fraction of sp³-hybridized carbons (Fsp3) is 0.167. The van der Waals surface area contributed by atoms with E-state index >= 15 is 0 Å². The molecular weight excluding hydrogens is 406 g/mol. The number of benzene rings is 2. The summed E-state index contributed by atoms with van der Waals surface area (Å²) in [6, 6.07) is 10.5. The van der Waals surface area contributed by atoms with Gasteiger partial charge in [0.05, 0.1) is 21.7 Å². The van der Waals surface area contributed by atoms with Gasteiger partial charge in [-0.05, 0) is 37.3 Å². The van der Waals surface area contributed by atoms with Crippen LogP contribution in [0.3, 0.4) is 0 Å². The second-order valence-corrected chi connectivity index (χ2v) is 7.05. The third kappa shape index (κ3) is 4.26. The van der Waals surface area contributed by atoms with E-state index in [1.165, 1.54) is 22.8 Å². The van der Waals surface area contributed by atoms with Crippen molar-refractivity contribution in [2.75, 3.05) is 6.61 Å². The second kappa shape index (κ2) is 8.32. The van der Waals surface area contributed by atoms with Gasteiger partial charge in [0.2, 0.25) is 0 Å². The van der Waals surface area contributed by atoms with Gasteiger partial charge in [-0.3, -0.25) is 19.7 Å². The quantitative estimate of drug-likeness (QED) is 0.357. The molecule has 3 aromatic rings. The largest absolute Gasteiger partial charge is 0.465 e. The Morgan fingerprint density at radius 1 is 1.25 bits per heavy atom. The van der Waals surface area contributed by atoms with Crippen LogP contribution in [0.1, 0.15) is 17.3 Å². The van der Waals surface area contributed by atoms with Crippen LogP contribution in [-0.2, 0) is 16.1 Å². The minimum atomic E-state index is -0.518. The molecular formula is C18H14ClN3O5S. The molecule has 3 rings (SSSR count). The van der Waals surface area contributed by atoms with Crippen LogP contribution >= 0.6 is 22.9 Å². The number of esters is 1. The van der Waals surface area contributed by atoms with Gasteiger partial charge in [-0.2, -0.15) is 4.99 Å². The fourth-order valence-corrected chi connectivity index (χ4v) is 3.68. The van der Waals surface area contributed by atoms with Crippen molar-refractivity contribution in [1.82, 2.24) is 4.57 Å². The number of halogens is 1. The van der Waals surface area contributed by atoms with Gasteiger partial charge in [-0.1, -0.05) is 22.9 Å². The first-order valence-electron chi connectivity index (χ1n) is 8.17. The summed E-state index contributed by atoms with van der Waals surface area (Å²) in [5.41, 5.74) is 0.787.